The molecule has 0 spiro atoms. The summed E-state index contributed by atoms with van der Waals surface area (Å²) in [7, 11) is -3.05. The van der Waals surface area contributed by atoms with Crippen molar-refractivity contribution < 1.29 is 21.9 Å². The summed E-state index contributed by atoms with van der Waals surface area (Å²) >= 11 is 0. The van der Waals surface area contributed by atoms with Crippen molar-refractivity contribution in [2.45, 2.75) is 32.3 Å². The van der Waals surface area contributed by atoms with Crippen LogP contribution >= 0.6 is 0 Å². The molecule has 0 saturated heterocycles. The number of hydrogen-bond acceptors (Lipinski definition) is 3. The summed E-state index contributed by atoms with van der Waals surface area (Å²) in [6.45, 7) is 0.154. The lowest BCUT2D eigenvalue weighted by Gasteiger charge is -2.13. The van der Waals surface area contributed by atoms with Gasteiger partial charge in [0.25, 0.3) is 0 Å². The molecule has 0 unspecified atom stereocenters. The van der Waals surface area contributed by atoms with E-state index in [0.29, 0.717) is 18.6 Å². The van der Waals surface area contributed by atoms with Crippen LogP contribution in [0.5, 0.6) is 5.75 Å². The fraction of sp³-hybridized carbons (Fsp3) is 0.600. The predicted octanol–water partition coefficient (Wildman–Crippen LogP) is 3.13. The summed E-state index contributed by atoms with van der Waals surface area (Å²) in [4.78, 5) is 0. The van der Waals surface area contributed by atoms with Gasteiger partial charge in [-0.3, -0.25) is 0 Å². The van der Waals surface area contributed by atoms with Gasteiger partial charge >= 0.3 is 0 Å². The number of aryl methyl sites for hydroxylation is 1. The van der Waals surface area contributed by atoms with E-state index in [9.17, 15) is 17.2 Å². The molecule has 1 aromatic carbocycles. The van der Waals surface area contributed by atoms with Gasteiger partial charge in [-0.05, 0) is 30.5 Å². The second kappa shape index (κ2) is 8.97. The van der Waals surface area contributed by atoms with Gasteiger partial charge < -0.3 is 4.74 Å². The van der Waals surface area contributed by atoms with E-state index in [0.717, 1.165) is 12.0 Å². The van der Waals surface area contributed by atoms with E-state index >= 15 is 0 Å². The van der Waals surface area contributed by atoms with Crippen LogP contribution in [0.4, 0.5) is 8.78 Å². The Morgan fingerprint density at radius 2 is 1.90 bits per heavy atom. The Bertz CT molecular complexity index is 513. The monoisotopic (exact) mass is 320 g/mol. The molecule has 1 aromatic rings. The number of benzene rings is 1. The summed E-state index contributed by atoms with van der Waals surface area (Å²) in [5.41, 5.74) is 0.782. The van der Waals surface area contributed by atoms with E-state index in [2.05, 4.69) is 0 Å². The van der Waals surface area contributed by atoms with Crippen LogP contribution in [0, 0.1) is 0 Å². The maximum atomic E-state index is 12.4. The Labute approximate surface area is 125 Å². The molecule has 0 heterocycles. The van der Waals surface area contributed by atoms with Crippen molar-refractivity contribution in [1.82, 2.24) is 0 Å². The van der Waals surface area contributed by atoms with E-state index in [-0.39, 0.29) is 11.5 Å². The zero-order chi connectivity index (χ0) is 15.7. The summed E-state index contributed by atoms with van der Waals surface area (Å²) in [5.74, 6) is 0.635. The number of alkyl halides is 2. The van der Waals surface area contributed by atoms with Crippen LogP contribution in [0.3, 0.4) is 0 Å². The predicted molar refractivity (Wildman–Crippen MR) is 80.1 cm³/mol. The van der Waals surface area contributed by atoms with Crippen LogP contribution < -0.4 is 4.74 Å². The normalized spacial score (nSPS) is 11.8. The third kappa shape index (κ3) is 6.89. The second-order valence-corrected chi connectivity index (χ2v) is 7.25. The lowest BCUT2D eigenvalue weighted by molar-refractivity contribution is 0.133. The van der Waals surface area contributed by atoms with Gasteiger partial charge in [-0.25, -0.2) is 17.2 Å². The van der Waals surface area contributed by atoms with E-state index in [1.54, 1.807) is 24.3 Å². The molecule has 0 aliphatic heterocycles. The third-order valence-corrected chi connectivity index (χ3v) is 4.79. The van der Waals surface area contributed by atoms with Crippen LogP contribution in [-0.2, 0) is 16.3 Å². The van der Waals surface area contributed by atoms with Crippen molar-refractivity contribution in [3.63, 3.8) is 0 Å². The third-order valence-electron chi connectivity index (χ3n) is 3.06. The first-order valence-electron chi connectivity index (χ1n) is 7.08. The summed E-state index contributed by atoms with van der Waals surface area (Å²) < 4.78 is 53.6. The van der Waals surface area contributed by atoms with Crippen molar-refractivity contribution in [2.75, 3.05) is 24.9 Å². The highest BCUT2D eigenvalue weighted by molar-refractivity contribution is 7.91. The molecule has 0 fully saturated rings. The highest BCUT2D eigenvalue weighted by Crippen LogP contribution is 2.16. The minimum absolute atomic E-state index is 0.0755. The quantitative estimate of drug-likeness (QED) is 0.665. The van der Waals surface area contributed by atoms with Crippen LogP contribution in [0.15, 0.2) is 24.3 Å². The lowest BCUT2D eigenvalue weighted by Crippen LogP contribution is -2.21. The average Bonchev–Trinajstić information content (AvgIpc) is 2.49. The average molecular weight is 320 g/mol. The van der Waals surface area contributed by atoms with Gasteiger partial charge in [0.2, 0.25) is 0 Å². The Morgan fingerprint density at radius 1 is 1.19 bits per heavy atom. The van der Waals surface area contributed by atoms with Crippen molar-refractivity contribution in [1.29, 1.82) is 0 Å². The molecule has 120 valence electrons. The van der Waals surface area contributed by atoms with Gasteiger partial charge in [0.1, 0.15) is 19.1 Å². The molecule has 0 aromatic heterocycles. The molecule has 6 heteroatoms. The van der Waals surface area contributed by atoms with Crippen LogP contribution in [0.1, 0.15) is 25.3 Å². The number of halogens is 2. The van der Waals surface area contributed by atoms with E-state index in [1.165, 1.54) is 0 Å². The molecule has 3 nitrogen and oxygen atoms in total. The Kier molecular flexibility index (Phi) is 7.64. The number of unbranched alkanes of at least 4 members (excludes halogenated alkanes) is 1. The standard InChI is InChI=1S/C15H22F2O3S/c1-2-3-8-21(18,19)9-7-13-5-4-6-14(10-13)20-15(11-16)12-17/h4-6,10,15H,2-3,7-9,11-12H2,1H3. The molecule has 0 amide bonds. The van der Waals surface area contributed by atoms with Crippen molar-refractivity contribution in [3.8, 4) is 5.75 Å². The van der Waals surface area contributed by atoms with E-state index in [4.69, 9.17) is 4.74 Å². The van der Waals surface area contributed by atoms with Gasteiger partial charge in [0.05, 0.1) is 11.5 Å². The fourth-order valence-corrected chi connectivity index (χ4v) is 3.29. The fourth-order valence-electron chi connectivity index (χ4n) is 1.81. The first kappa shape index (κ1) is 17.9. The molecule has 1 rings (SSSR count). The largest absolute Gasteiger partial charge is 0.485 e. The molecule has 0 bridgehead atoms. The molecule has 0 atom stereocenters. The highest BCUT2D eigenvalue weighted by atomic mass is 32.2. The minimum atomic E-state index is -3.05. The Hall–Kier alpha value is -1.17. The Balaban J connectivity index is 2.60. The maximum Gasteiger partial charge on any atom is 0.155 e. The molecule has 0 aliphatic rings. The maximum absolute atomic E-state index is 12.4. The smallest absolute Gasteiger partial charge is 0.155 e. The van der Waals surface area contributed by atoms with Crippen molar-refractivity contribution >= 4 is 9.84 Å². The van der Waals surface area contributed by atoms with E-state index < -0.39 is 29.3 Å². The Morgan fingerprint density at radius 3 is 2.52 bits per heavy atom. The minimum Gasteiger partial charge on any atom is -0.485 e. The van der Waals surface area contributed by atoms with Crippen LogP contribution in [0.25, 0.3) is 0 Å². The molecular weight excluding hydrogens is 298 g/mol. The first-order chi connectivity index (χ1) is 10.0. The summed E-state index contributed by atoms with van der Waals surface area (Å²) in [5, 5.41) is 0. The van der Waals surface area contributed by atoms with Crippen LogP contribution in [0.2, 0.25) is 0 Å². The molecular formula is C15H22F2O3S. The molecule has 0 radical (unpaired) electrons. The van der Waals surface area contributed by atoms with Gasteiger partial charge in [0.15, 0.2) is 15.9 Å². The summed E-state index contributed by atoms with van der Waals surface area (Å²) in [6, 6.07) is 6.71. The van der Waals surface area contributed by atoms with Gasteiger partial charge in [0, 0.05) is 0 Å². The molecule has 21 heavy (non-hydrogen) atoms. The van der Waals surface area contributed by atoms with Gasteiger partial charge in [-0.2, -0.15) is 0 Å². The van der Waals surface area contributed by atoms with Gasteiger partial charge in [-0.15, -0.1) is 0 Å². The number of hydrogen-bond donors (Lipinski definition) is 0. The lowest BCUT2D eigenvalue weighted by atomic mass is 10.1. The van der Waals surface area contributed by atoms with Crippen LogP contribution in [-0.4, -0.2) is 39.4 Å². The molecule has 0 saturated carbocycles. The highest BCUT2D eigenvalue weighted by Gasteiger charge is 2.12. The number of rotatable bonds is 10. The zero-order valence-corrected chi connectivity index (χ0v) is 13.0. The van der Waals surface area contributed by atoms with Gasteiger partial charge in [-0.1, -0.05) is 25.5 Å². The second-order valence-electron chi connectivity index (χ2n) is 4.95. The summed E-state index contributed by atoms with van der Waals surface area (Å²) in [6.07, 6.45) is 0.781. The molecule has 0 aliphatic carbocycles. The first-order valence-corrected chi connectivity index (χ1v) is 8.90. The number of sulfone groups is 1. The molecule has 0 N–H and O–H groups in total. The SMILES string of the molecule is CCCCS(=O)(=O)CCc1cccc(OC(CF)CF)c1. The van der Waals surface area contributed by atoms with Crippen molar-refractivity contribution in [3.05, 3.63) is 29.8 Å². The van der Waals surface area contributed by atoms with E-state index in [1.807, 2.05) is 6.92 Å². The topological polar surface area (TPSA) is 43.4 Å². The number of ether oxygens (including phenoxy) is 1. The van der Waals surface area contributed by atoms with Crippen molar-refractivity contribution in [2.24, 2.45) is 0 Å². The zero-order valence-electron chi connectivity index (χ0n) is 12.2.